The summed E-state index contributed by atoms with van der Waals surface area (Å²) in [6, 6.07) is 7.79. The molecule has 1 unspecified atom stereocenters. The van der Waals surface area contributed by atoms with Crippen LogP contribution in [0.25, 0.3) is 0 Å². The molecular weight excluding hydrogens is 256 g/mol. The van der Waals surface area contributed by atoms with E-state index in [4.69, 9.17) is 15.1 Å². The zero-order valence-electron chi connectivity index (χ0n) is 11.5. The van der Waals surface area contributed by atoms with Gasteiger partial charge in [-0.1, -0.05) is 6.07 Å². The Bertz CT molecular complexity index is 536. The van der Waals surface area contributed by atoms with Gasteiger partial charge >= 0.3 is 5.97 Å². The summed E-state index contributed by atoms with van der Waals surface area (Å²) in [5.41, 5.74) is 2.92. The molecule has 0 aromatic heterocycles. The molecule has 1 N–H and O–H groups in total. The van der Waals surface area contributed by atoms with Crippen molar-refractivity contribution >= 4 is 5.97 Å². The molecule has 5 heteroatoms. The molecular formula is C15H18N2O3. The second-order valence-corrected chi connectivity index (χ2v) is 5.08. The quantitative estimate of drug-likeness (QED) is 0.901. The van der Waals surface area contributed by atoms with Gasteiger partial charge in [0.05, 0.1) is 30.8 Å². The molecule has 1 heterocycles. The number of aryl methyl sites for hydroxylation is 1. The normalized spacial score (nSPS) is 19.5. The van der Waals surface area contributed by atoms with E-state index >= 15 is 0 Å². The summed E-state index contributed by atoms with van der Waals surface area (Å²) in [5, 5.41) is 17.7. The molecule has 1 saturated heterocycles. The molecule has 1 aliphatic heterocycles. The largest absolute Gasteiger partial charge is 0.481 e. The van der Waals surface area contributed by atoms with E-state index in [1.54, 1.807) is 0 Å². The maximum absolute atomic E-state index is 10.7. The summed E-state index contributed by atoms with van der Waals surface area (Å²) >= 11 is 0. The van der Waals surface area contributed by atoms with Crippen molar-refractivity contribution in [3.8, 4) is 6.07 Å². The zero-order valence-corrected chi connectivity index (χ0v) is 11.5. The van der Waals surface area contributed by atoms with Crippen LogP contribution in [0.2, 0.25) is 0 Å². The summed E-state index contributed by atoms with van der Waals surface area (Å²) in [7, 11) is 0. The van der Waals surface area contributed by atoms with Gasteiger partial charge in [0, 0.05) is 19.6 Å². The van der Waals surface area contributed by atoms with Crippen molar-refractivity contribution in [2.45, 2.75) is 26.0 Å². The van der Waals surface area contributed by atoms with Gasteiger partial charge in [0.1, 0.15) is 0 Å². The molecule has 0 radical (unpaired) electrons. The average Bonchev–Trinajstić information content (AvgIpc) is 2.41. The number of nitriles is 1. The SMILES string of the molecule is Cc1cc(C#N)ccc1CN1CCOC(CC(=O)O)C1. The third-order valence-corrected chi connectivity index (χ3v) is 3.49. The highest BCUT2D eigenvalue weighted by atomic mass is 16.5. The molecule has 20 heavy (non-hydrogen) atoms. The van der Waals surface area contributed by atoms with Crippen LogP contribution in [-0.2, 0) is 16.1 Å². The van der Waals surface area contributed by atoms with Crippen molar-refractivity contribution in [2.24, 2.45) is 0 Å². The first-order valence-electron chi connectivity index (χ1n) is 6.64. The van der Waals surface area contributed by atoms with E-state index < -0.39 is 5.97 Å². The van der Waals surface area contributed by atoms with Crippen LogP contribution in [0.5, 0.6) is 0 Å². The van der Waals surface area contributed by atoms with E-state index in [9.17, 15) is 4.79 Å². The molecule has 1 atom stereocenters. The van der Waals surface area contributed by atoms with Crippen LogP contribution >= 0.6 is 0 Å². The molecule has 106 valence electrons. The minimum absolute atomic E-state index is 0.0445. The maximum atomic E-state index is 10.7. The molecule has 0 saturated carbocycles. The summed E-state index contributed by atoms with van der Waals surface area (Å²) in [5.74, 6) is -0.827. The van der Waals surface area contributed by atoms with Crippen LogP contribution in [0.1, 0.15) is 23.1 Å². The lowest BCUT2D eigenvalue weighted by molar-refractivity contribution is -0.142. The second kappa shape index (κ2) is 6.51. The molecule has 2 rings (SSSR count). The van der Waals surface area contributed by atoms with Crippen LogP contribution in [0, 0.1) is 18.3 Å². The van der Waals surface area contributed by atoms with E-state index in [0.717, 1.165) is 18.7 Å². The highest BCUT2D eigenvalue weighted by molar-refractivity contribution is 5.67. The maximum Gasteiger partial charge on any atom is 0.306 e. The van der Waals surface area contributed by atoms with E-state index in [0.29, 0.717) is 18.7 Å². The lowest BCUT2D eigenvalue weighted by Crippen LogP contribution is -2.42. The zero-order chi connectivity index (χ0) is 14.5. The van der Waals surface area contributed by atoms with Crippen molar-refractivity contribution in [3.63, 3.8) is 0 Å². The first-order chi connectivity index (χ1) is 9.58. The number of benzene rings is 1. The average molecular weight is 274 g/mol. The lowest BCUT2D eigenvalue weighted by Gasteiger charge is -2.32. The third-order valence-electron chi connectivity index (χ3n) is 3.49. The van der Waals surface area contributed by atoms with Crippen molar-refractivity contribution in [1.82, 2.24) is 4.90 Å². The monoisotopic (exact) mass is 274 g/mol. The van der Waals surface area contributed by atoms with Gasteiger partial charge in [0.25, 0.3) is 0 Å². The van der Waals surface area contributed by atoms with Crippen LogP contribution in [0.15, 0.2) is 18.2 Å². The molecule has 0 spiro atoms. The number of carboxylic acids is 1. The van der Waals surface area contributed by atoms with E-state index in [1.165, 1.54) is 5.56 Å². The molecule has 1 aliphatic rings. The molecule has 1 aromatic carbocycles. The number of aliphatic carboxylic acids is 1. The summed E-state index contributed by atoms with van der Waals surface area (Å²) < 4.78 is 5.46. The number of ether oxygens (including phenoxy) is 1. The highest BCUT2D eigenvalue weighted by Gasteiger charge is 2.22. The van der Waals surface area contributed by atoms with Crippen molar-refractivity contribution in [1.29, 1.82) is 5.26 Å². The van der Waals surface area contributed by atoms with Gasteiger partial charge in [-0.25, -0.2) is 0 Å². The van der Waals surface area contributed by atoms with Gasteiger partial charge < -0.3 is 9.84 Å². The number of rotatable bonds is 4. The van der Waals surface area contributed by atoms with Crippen molar-refractivity contribution in [3.05, 3.63) is 34.9 Å². The molecule has 5 nitrogen and oxygen atoms in total. The van der Waals surface area contributed by atoms with Crippen molar-refractivity contribution in [2.75, 3.05) is 19.7 Å². The predicted octanol–water partition coefficient (Wildman–Crippen LogP) is 1.54. The van der Waals surface area contributed by atoms with E-state index in [-0.39, 0.29) is 12.5 Å². The second-order valence-electron chi connectivity index (χ2n) is 5.08. The summed E-state index contributed by atoms with van der Waals surface area (Å²) in [6.45, 7) is 4.75. The molecule has 0 aliphatic carbocycles. The fraction of sp³-hybridized carbons (Fsp3) is 0.467. The fourth-order valence-electron chi connectivity index (χ4n) is 2.43. The van der Waals surface area contributed by atoms with Crippen LogP contribution in [-0.4, -0.2) is 41.8 Å². The number of nitrogens with zero attached hydrogens (tertiary/aromatic N) is 2. The van der Waals surface area contributed by atoms with Gasteiger partial charge in [-0.05, 0) is 30.2 Å². The van der Waals surface area contributed by atoms with Crippen LogP contribution < -0.4 is 0 Å². The molecule has 1 aromatic rings. The Kier molecular flexibility index (Phi) is 4.72. The topological polar surface area (TPSA) is 73.6 Å². The van der Waals surface area contributed by atoms with E-state index in [2.05, 4.69) is 11.0 Å². The summed E-state index contributed by atoms with van der Waals surface area (Å²) in [6.07, 6.45) is -0.192. The Labute approximate surface area is 118 Å². The first kappa shape index (κ1) is 14.5. The van der Waals surface area contributed by atoms with E-state index in [1.807, 2.05) is 25.1 Å². The lowest BCUT2D eigenvalue weighted by atomic mass is 10.0. The van der Waals surface area contributed by atoms with Gasteiger partial charge in [0.2, 0.25) is 0 Å². The Balaban J connectivity index is 1.99. The molecule has 1 fully saturated rings. The predicted molar refractivity (Wildman–Crippen MR) is 73.2 cm³/mol. The number of hydrogen-bond donors (Lipinski definition) is 1. The molecule has 0 amide bonds. The fourth-order valence-corrected chi connectivity index (χ4v) is 2.43. The first-order valence-corrected chi connectivity index (χ1v) is 6.64. The summed E-state index contributed by atoms with van der Waals surface area (Å²) in [4.78, 5) is 12.9. The van der Waals surface area contributed by atoms with Gasteiger partial charge in [0.15, 0.2) is 0 Å². The minimum atomic E-state index is -0.827. The van der Waals surface area contributed by atoms with Gasteiger partial charge in [-0.15, -0.1) is 0 Å². The standard InChI is InChI=1S/C15H18N2O3/c1-11-6-12(8-16)2-3-13(11)9-17-4-5-20-14(10-17)7-15(18)19/h2-3,6,14H,4-5,7,9-10H2,1H3,(H,18,19). The number of morpholine rings is 1. The Hall–Kier alpha value is -1.90. The molecule has 0 bridgehead atoms. The number of carboxylic acid groups (broad SMARTS) is 1. The Morgan fingerprint density at radius 3 is 3.05 bits per heavy atom. The van der Waals surface area contributed by atoms with Gasteiger partial charge in [-0.3, -0.25) is 9.69 Å². The van der Waals surface area contributed by atoms with Crippen LogP contribution in [0.4, 0.5) is 0 Å². The van der Waals surface area contributed by atoms with Gasteiger partial charge in [-0.2, -0.15) is 5.26 Å². The number of hydrogen-bond acceptors (Lipinski definition) is 4. The smallest absolute Gasteiger partial charge is 0.306 e. The third kappa shape index (κ3) is 3.80. The Morgan fingerprint density at radius 2 is 2.40 bits per heavy atom. The Morgan fingerprint density at radius 1 is 1.60 bits per heavy atom. The van der Waals surface area contributed by atoms with Crippen LogP contribution in [0.3, 0.4) is 0 Å². The highest BCUT2D eigenvalue weighted by Crippen LogP contribution is 2.16. The minimum Gasteiger partial charge on any atom is -0.481 e. The van der Waals surface area contributed by atoms with Crippen molar-refractivity contribution < 1.29 is 14.6 Å². The number of carbonyl (C=O) groups is 1.